The van der Waals surface area contributed by atoms with E-state index in [1.165, 1.54) is 0 Å². The molecule has 116 valence electrons. The van der Waals surface area contributed by atoms with Gasteiger partial charge in [0.1, 0.15) is 5.60 Å². The van der Waals surface area contributed by atoms with Gasteiger partial charge >= 0.3 is 6.09 Å². The molecule has 1 amide bonds. The van der Waals surface area contributed by atoms with E-state index in [1.807, 2.05) is 25.7 Å². The molecule has 1 aliphatic carbocycles. The predicted octanol–water partition coefficient (Wildman–Crippen LogP) is 2.14. The van der Waals surface area contributed by atoms with E-state index in [9.17, 15) is 4.79 Å². The predicted molar refractivity (Wildman–Crippen MR) is 77.5 cm³/mol. The molecule has 2 rings (SSSR count). The van der Waals surface area contributed by atoms with Gasteiger partial charge in [-0.05, 0) is 51.9 Å². The van der Waals surface area contributed by atoms with E-state index < -0.39 is 5.60 Å². The molecule has 0 aromatic carbocycles. The fraction of sp³-hybridized carbons (Fsp3) is 0.933. The number of nitrogens with two attached hydrogens (primary N) is 1. The first-order valence-electron chi connectivity index (χ1n) is 7.52. The highest BCUT2D eigenvalue weighted by atomic mass is 16.6. The number of piperidine rings is 1. The smallest absolute Gasteiger partial charge is 0.410 e. The van der Waals surface area contributed by atoms with E-state index in [1.54, 1.807) is 7.11 Å². The highest BCUT2D eigenvalue weighted by Crippen LogP contribution is 2.46. The van der Waals surface area contributed by atoms with E-state index in [-0.39, 0.29) is 23.7 Å². The Labute approximate surface area is 121 Å². The van der Waals surface area contributed by atoms with Crippen molar-refractivity contribution in [2.75, 3.05) is 20.2 Å². The van der Waals surface area contributed by atoms with Crippen LogP contribution in [0.2, 0.25) is 0 Å². The third-order valence-corrected chi connectivity index (χ3v) is 4.68. The van der Waals surface area contributed by atoms with Crippen molar-refractivity contribution in [2.45, 2.75) is 64.2 Å². The van der Waals surface area contributed by atoms with Crippen LogP contribution in [0.4, 0.5) is 4.79 Å². The van der Waals surface area contributed by atoms with E-state index in [2.05, 4.69) is 0 Å². The van der Waals surface area contributed by atoms with Crippen molar-refractivity contribution in [3.05, 3.63) is 0 Å². The highest BCUT2D eigenvalue weighted by Gasteiger charge is 2.48. The molecule has 0 aromatic heterocycles. The second-order valence-corrected chi connectivity index (χ2v) is 7.23. The minimum absolute atomic E-state index is 0.152. The van der Waals surface area contributed by atoms with Crippen LogP contribution in [0.25, 0.3) is 0 Å². The third-order valence-electron chi connectivity index (χ3n) is 4.68. The van der Waals surface area contributed by atoms with Gasteiger partial charge in [0, 0.05) is 26.2 Å². The minimum Gasteiger partial charge on any atom is -0.444 e. The molecule has 20 heavy (non-hydrogen) atoms. The van der Waals surface area contributed by atoms with Gasteiger partial charge in [0.25, 0.3) is 0 Å². The Morgan fingerprint density at radius 1 is 1.30 bits per heavy atom. The average Bonchev–Trinajstić information content (AvgIpc) is 2.65. The molecule has 1 aliphatic heterocycles. The van der Waals surface area contributed by atoms with Gasteiger partial charge in [-0.25, -0.2) is 4.79 Å². The maximum atomic E-state index is 12.1. The zero-order chi connectivity index (χ0) is 15.0. The summed E-state index contributed by atoms with van der Waals surface area (Å²) in [6.07, 6.45) is 3.93. The molecule has 1 heterocycles. The van der Waals surface area contributed by atoms with Crippen LogP contribution in [0.15, 0.2) is 0 Å². The summed E-state index contributed by atoms with van der Waals surface area (Å²) in [5.41, 5.74) is 6.04. The lowest BCUT2D eigenvalue weighted by Gasteiger charge is -2.42. The number of likely N-dealkylation sites (tertiary alicyclic amines) is 1. The second-order valence-electron chi connectivity index (χ2n) is 7.23. The summed E-state index contributed by atoms with van der Waals surface area (Å²) in [6.45, 7) is 7.16. The molecule has 0 unspecified atom stereocenters. The molecule has 0 bridgehead atoms. The van der Waals surface area contributed by atoms with E-state index in [4.69, 9.17) is 15.2 Å². The quantitative estimate of drug-likeness (QED) is 0.801. The Morgan fingerprint density at radius 3 is 2.35 bits per heavy atom. The number of methoxy groups -OCH3 is 1. The molecule has 0 radical (unpaired) electrons. The van der Waals surface area contributed by atoms with Crippen molar-refractivity contribution < 1.29 is 14.3 Å². The first-order chi connectivity index (χ1) is 9.26. The van der Waals surface area contributed by atoms with Crippen molar-refractivity contribution in [2.24, 2.45) is 11.1 Å². The third kappa shape index (κ3) is 3.26. The van der Waals surface area contributed by atoms with Crippen LogP contribution in [0.5, 0.6) is 0 Å². The second kappa shape index (κ2) is 5.53. The fourth-order valence-electron chi connectivity index (χ4n) is 3.44. The van der Waals surface area contributed by atoms with E-state index in [0.29, 0.717) is 0 Å². The SMILES string of the molecule is CO[C@H]1C[C@@H](N)C2(CCN(C(=O)OC(C)(C)C)CC2)C1. The molecule has 1 saturated carbocycles. The molecule has 2 atom stereocenters. The largest absolute Gasteiger partial charge is 0.444 e. The van der Waals surface area contributed by atoms with Gasteiger partial charge < -0.3 is 20.1 Å². The molecule has 1 saturated heterocycles. The van der Waals surface area contributed by atoms with E-state index >= 15 is 0 Å². The number of rotatable bonds is 1. The average molecular weight is 284 g/mol. The van der Waals surface area contributed by atoms with Crippen LogP contribution < -0.4 is 5.73 Å². The topological polar surface area (TPSA) is 64.8 Å². The summed E-state index contributed by atoms with van der Waals surface area (Å²) < 4.78 is 10.9. The van der Waals surface area contributed by atoms with Crippen LogP contribution >= 0.6 is 0 Å². The Morgan fingerprint density at radius 2 is 1.90 bits per heavy atom. The summed E-state index contributed by atoms with van der Waals surface area (Å²) in [4.78, 5) is 13.9. The van der Waals surface area contributed by atoms with Crippen LogP contribution in [0.1, 0.15) is 46.5 Å². The Balaban J connectivity index is 1.91. The number of ether oxygens (including phenoxy) is 2. The van der Waals surface area contributed by atoms with E-state index in [0.717, 1.165) is 38.8 Å². The molecular weight excluding hydrogens is 256 g/mol. The highest BCUT2D eigenvalue weighted by molar-refractivity contribution is 5.68. The van der Waals surface area contributed by atoms with Gasteiger partial charge in [-0.1, -0.05) is 0 Å². The lowest BCUT2D eigenvalue weighted by Crippen LogP contribution is -2.49. The summed E-state index contributed by atoms with van der Waals surface area (Å²) in [7, 11) is 1.76. The first-order valence-corrected chi connectivity index (χ1v) is 7.52. The molecule has 2 fully saturated rings. The molecule has 1 spiro atoms. The number of carbonyl (C=O) groups is 1. The summed E-state index contributed by atoms with van der Waals surface area (Å²) in [5.74, 6) is 0. The number of hydrogen-bond donors (Lipinski definition) is 1. The van der Waals surface area contributed by atoms with Gasteiger partial charge in [0.15, 0.2) is 0 Å². The van der Waals surface area contributed by atoms with Crippen molar-refractivity contribution in [1.29, 1.82) is 0 Å². The Hall–Kier alpha value is -0.810. The molecule has 0 aromatic rings. The van der Waals surface area contributed by atoms with Crippen molar-refractivity contribution in [3.8, 4) is 0 Å². The number of carbonyl (C=O) groups excluding carboxylic acids is 1. The fourth-order valence-corrected chi connectivity index (χ4v) is 3.44. The zero-order valence-electron chi connectivity index (χ0n) is 13.1. The van der Waals surface area contributed by atoms with Crippen molar-refractivity contribution >= 4 is 6.09 Å². The lowest BCUT2D eigenvalue weighted by molar-refractivity contribution is 0.00646. The summed E-state index contributed by atoms with van der Waals surface area (Å²) in [6, 6.07) is 0.188. The number of nitrogens with zero attached hydrogens (tertiary/aromatic N) is 1. The van der Waals surface area contributed by atoms with Gasteiger partial charge in [0.2, 0.25) is 0 Å². The van der Waals surface area contributed by atoms with Crippen molar-refractivity contribution in [3.63, 3.8) is 0 Å². The lowest BCUT2D eigenvalue weighted by atomic mass is 9.74. The van der Waals surface area contributed by atoms with Gasteiger partial charge in [0.05, 0.1) is 6.10 Å². The molecule has 5 heteroatoms. The molecule has 2 aliphatic rings. The molecule has 5 nitrogen and oxygen atoms in total. The van der Waals surface area contributed by atoms with Crippen molar-refractivity contribution in [1.82, 2.24) is 4.90 Å². The number of amides is 1. The van der Waals surface area contributed by atoms with Crippen LogP contribution in [-0.2, 0) is 9.47 Å². The van der Waals surface area contributed by atoms with Crippen LogP contribution in [0, 0.1) is 5.41 Å². The summed E-state index contributed by atoms with van der Waals surface area (Å²) >= 11 is 0. The normalized spacial score (nSPS) is 29.8. The first kappa shape index (κ1) is 15.6. The molecular formula is C15H28N2O3. The van der Waals surface area contributed by atoms with Gasteiger partial charge in [-0.2, -0.15) is 0 Å². The Kier molecular flexibility index (Phi) is 4.30. The summed E-state index contributed by atoms with van der Waals surface area (Å²) in [5, 5.41) is 0. The van der Waals surface area contributed by atoms with Gasteiger partial charge in [-0.3, -0.25) is 0 Å². The zero-order valence-corrected chi connectivity index (χ0v) is 13.1. The standard InChI is InChI=1S/C15H28N2O3/c1-14(2,3)20-13(18)17-7-5-15(6-8-17)10-11(19-4)9-12(15)16/h11-12H,5-10,16H2,1-4H3/t11-,12+/m0/s1. The number of hydrogen-bond acceptors (Lipinski definition) is 4. The van der Waals surface area contributed by atoms with Gasteiger partial charge in [-0.15, -0.1) is 0 Å². The monoisotopic (exact) mass is 284 g/mol. The molecule has 2 N–H and O–H groups in total. The van der Waals surface area contributed by atoms with Crippen LogP contribution in [-0.4, -0.2) is 48.9 Å². The maximum absolute atomic E-state index is 12.1. The Bertz CT molecular complexity index is 357. The minimum atomic E-state index is -0.433. The van der Waals surface area contributed by atoms with Crippen LogP contribution in [0.3, 0.4) is 0 Å². The maximum Gasteiger partial charge on any atom is 0.410 e.